The predicted molar refractivity (Wildman–Crippen MR) is 69.4 cm³/mol. The highest BCUT2D eigenvalue weighted by molar-refractivity contribution is 9.10. The molecule has 0 N–H and O–H groups in total. The first-order valence-electron chi connectivity index (χ1n) is 4.91. The van der Waals surface area contributed by atoms with Crippen LogP contribution in [0.15, 0.2) is 46.3 Å². The molecule has 2 rings (SSSR count). The summed E-state index contributed by atoms with van der Waals surface area (Å²) in [6, 6.07) is 7.29. The van der Waals surface area contributed by atoms with Gasteiger partial charge in [0.2, 0.25) is 15.0 Å². The van der Waals surface area contributed by atoms with Gasteiger partial charge in [0.25, 0.3) is 0 Å². The Kier molecular flexibility index (Phi) is 3.63. The van der Waals surface area contributed by atoms with Gasteiger partial charge in [-0.05, 0) is 28.1 Å². The van der Waals surface area contributed by atoms with Crippen LogP contribution in [-0.2, 0) is 9.84 Å². The number of ether oxygens (including phenoxy) is 1. The van der Waals surface area contributed by atoms with Crippen molar-refractivity contribution in [1.29, 1.82) is 0 Å². The summed E-state index contributed by atoms with van der Waals surface area (Å²) < 4.78 is 28.7. The average molecular weight is 329 g/mol. The van der Waals surface area contributed by atoms with Crippen molar-refractivity contribution >= 4 is 25.8 Å². The molecule has 0 fully saturated rings. The van der Waals surface area contributed by atoms with Gasteiger partial charge in [0, 0.05) is 6.26 Å². The SMILES string of the molecule is CS(=O)(=O)c1ncc(Oc2ccccc2Br)cn1. The Labute approximate surface area is 113 Å². The molecular weight excluding hydrogens is 320 g/mol. The lowest BCUT2D eigenvalue weighted by molar-refractivity contribution is 0.471. The third-order valence-electron chi connectivity index (χ3n) is 2.00. The molecule has 1 heterocycles. The van der Waals surface area contributed by atoms with E-state index < -0.39 is 9.84 Å². The number of nitrogens with zero attached hydrogens (tertiary/aromatic N) is 2. The van der Waals surface area contributed by atoms with E-state index in [2.05, 4.69) is 25.9 Å². The molecule has 0 aliphatic carbocycles. The number of hydrogen-bond acceptors (Lipinski definition) is 5. The molecule has 2 aromatic rings. The number of para-hydroxylation sites is 1. The maximum Gasteiger partial charge on any atom is 0.246 e. The number of aromatic nitrogens is 2. The largest absolute Gasteiger partial charge is 0.453 e. The van der Waals surface area contributed by atoms with Crippen LogP contribution in [0.3, 0.4) is 0 Å². The molecule has 0 unspecified atom stereocenters. The fourth-order valence-electron chi connectivity index (χ4n) is 1.20. The van der Waals surface area contributed by atoms with Gasteiger partial charge < -0.3 is 4.74 Å². The normalized spacial score (nSPS) is 11.2. The highest BCUT2D eigenvalue weighted by Crippen LogP contribution is 2.28. The van der Waals surface area contributed by atoms with Crippen LogP contribution in [-0.4, -0.2) is 24.6 Å². The molecule has 0 atom stereocenters. The minimum atomic E-state index is -3.39. The molecule has 0 bridgehead atoms. The molecule has 0 radical (unpaired) electrons. The smallest absolute Gasteiger partial charge is 0.246 e. The van der Waals surface area contributed by atoms with Crippen LogP contribution in [0, 0.1) is 0 Å². The molecule has 18 heavy (non-hydrogen) atoms. The number of benzene rings is 1. The van der Waals surface area contributed by atoms with E-state index in [4.69, 9.17) is 4.74 Å². The van der Waals surface area contributed by atoms with Crippen molar-refractivity contribution in [3.05, 3.63) is 41.1 Å². The summed E-state index contributed by atoms with van der Waals surface area (Å²) in [5.74, 6) is 0.975. The van der Waals surface area contributed by atoms with E-state index in [0.717, 1.165) is 10.7 Å². The summed E-state index contributed by atoms with van der Waals surface area (Å²) in [7, 11) is -3.39. The van der Waals surface area contributed by atoms with Crippen LogP contribution in [0.1, 0.15) is 0 Å². The summed E-state index contributed by atoms with van der Waals surface area (Å²) in [6.45, 7) is 0. The molecule has 0 aliphatic rings. The summed E-state index contributed by atoms with van der Waals surface area (Å²) in [4.78, 5) is 7.47. The Morgan fingerprint density at radius 1 is 1.17 bits per heavy atom. The molecule has 1 aromatic carbocycles. The Balaban J connectivity index is 2.24. The van der Waals surface area contributed by atoms with Gasteiger partial charge in [0.1, 0.15) is 5.75 Å². The average Bonchev–Trinajstić information content (AvgIpc) is 2.32. The van der Waals surface area contributed by atoms with Crippen LogP contribution in [0.5, 0.6) is 11.5 Å². The van der Waals surface area contributed by atoms with Gasteiger partial charge in [-0.2, -0.15) is 0 Å². The van der Waals surface area contributed by atoms with Gasteiger partial charge in [-0.25, -0.2) is 18.4 Å². The summed E-state index contributed by atoms with van der Waals surface area (Å²) >= 11 is 3.34. The van der Waals surface area contributed by atoms with Gasteiger partial charge in [-0.15, -0.1) is 0 Å². The zero-order valence-electron chi connectivity index (χ0n) is 9.37. The highest BCUT2D eigenvalue weighted by Gasteiger charge is 2.11. The second-order valence-electron chi connectivity index (χ2n) is 3.51. The van der Waals surface area contributed by atoms with E-state index >= 15 is 0 Å². The Hall–Kier alpha value is -1.47. The van der Waals surface area contributed by atoms with Gasteiger partial charge >= 0.3 is 0 Å². The van der Waals surface area contributed by atoms with E-state index in [1.807, 2.05) is 18.2 Å². The van der Waals surface area contributed by atoms with Crippen LogP contribution < -0.4 is 4.74 Å². The highest BCUT2D eigenvalue weighted by atomic mass is 79.9. The first-order valence-corrected chi connectivity index (χ1v) is 7.60. The summed E-state index contributed by atoms with van der Waals surface area (Å²) in [6.07, 6.45) is 3.70. The van der Waals surface area contributed by atoms with Crippen molar-refractivity contribution in [2.24, 2.45) is 0 Å². The molecule has 0 saturated carbocycles. The molecule has 5 nitrogen and oxygen atoms in total. The van der Waals surface area contributed by atoms with E-state index in [9.17, 15) is 8.42 Å². The van der Waals surface area contributed by atoms with Crippen LogP contribution in [0.2, 0.25) is 0 Å². The van der Waals surface area contributed by atoms with Crippen molar-refractivity contribution in [2.75, 3.05) is 6.26 Å². The maximum atomic E-state index is 11.2. The molecule has 0 spiro atoms. The zero-order chi connectivity index (χ0) is 13.2. The molecule has 0 aliphatic heterocycles. The lowest BCUT2D eigenvalue weighted by Gasteiger charge is -2.06. The number of halogens is 1. The van der Waals surface area contributed by atoms with Gasteiger partial charge in [0.05, 0.1) is 16.9 Å². The molecule has 94 valence electrons. The Bertz CT molecular complexity index is 656. The molecular formula is C11H9BrN2O3S. The second kappa shape index (κ2) is 5.03. The number of sulfone groups is 1. The van der Waals surface area contributed by atoms with Gasteiger partial charge in [-0.3, -0.25) is 0 Å². The topological polar surface area (TPSA) is 69.2 Å². The van der Waals surface area contributed by atoms with Crippen molar-refractivity contribution in [1.82, 2.24) is 9.97 Å². The lowest BCUT2D eigenvalue weighted by atomic mass is 10.3. The number of hydrogen-bond donors (Lipinski definition) is 0. The van der Waals surface area contributed by atoms with Gasteiger partial charge in [0.15, 0.2) is 5.75 Å². The first-order chi connectivity index (χ1) is 8.47. The van der Waals surface area contributed by atoms with Crippen molar-refractivity contribution < 1.29 is 13.2 Å². The van der Waals surface area contributed by atoms with E-state index in [0.29, 0.717) is 11.5 Å². The standard InChI is InChI=1S/C11H9BrN2O3S/c1-18(15,16)11-13-6-8(7-14-11)17-10-5-3-2-4-9(10)12/h2-7H,1H3. The predicted octanol–water partition coefficient (Wildman–Crippen LogP) is 2.43. The maximum absolute atomic E-state index is 11.2. The quantitative estimate of drug-likeness (QED) is 0.809. The lowest BCUT2D eigenvalue weighted by Crippen LogP contribution is -2.03. The van der Waals surface area contributed by atoms with Crippen LogP contribution in [0.4, 0.5) is 0 Å². The van der Waals surface area contributed by atoms with Crippen LogP contribution >= 0.6 is 15.9 Å². The fraction of sp³-hybridized carbons (Fsp3) is 0.0909. The summed E-state index contributed by atoms with van der Waals surface area (Å²) in [5.41, 5.74) is 0. The molecule has 0 saturated heterocycles. The second-order valence-corrected chi connectivity index (χ2v) is 6.27. The monoisotopic (exact) mass is 328 g/mol. The molecule has 7 heteroatoms. The first kappa shape index (κ1) is 13.0. The van der Waals surface area contributed by atoms with E-state index in [-0.39, 0.29) is 5.16 Å². The van der Waals surface area contributed by atoms with E-state index in [1.54, 1.807) is 6.07 Å². The van der Waals surface area contributed by atoms with E-state index in [1.165, 1.54) is 12.4 Å². The van der Waals surface area contributed by atoms with Crippen LogP contribution in [0.25, 0.3) is 0 Å². The Morgan fingerprint density at radius 2 is 1.78 bits per heavy atom. The third kappa shape index (κ3) is 3.05. The number of rotatable bonds is 3. The molecule has 0 amide bonds. The summed E-state index contributed by atoms with van der Waals surface area (Å²) in [5, 5.41) is -0.220. The third-order valence-corrected chi connectivity index (χ3v) is 3.53. The van der Waals surface area contributed by atoms with Crippen molar-refractivity contribution in [3.63, 3.8) is 0 Å². The molecule has 1 aromatic heterocycles. The minimum absolute atomic E-state index is 0.220. The zero-order valence-corrected chi connectivity index (χ0v) is 11.8. The van der Waals surface area contributed by atoms with Crippen molar-refractivity contribution in [3.8, 4) is 11.5 Å². The Morgan fingerprint density at radius 3 is 2.33 bits per heavy atom. The van der Waals surface area contributed by atoms with Crippen molar-refractivity contribution in [2.45, 2.75) is 5.16 Å². The fourth-order valence-corrected chi connectivity index (χ4v) is 2.06. The van der Waals surface area contributed by atoms with Gasteiger partial charge in [-0.1, -0.05) is 12.1 Å². The minimum Gasteiger partial charge on any atom is -0.453 e.